The number of hydrogen-bond acceptors (Lipinski definition) is 4. The maximum absolute atomic E-state index is 12.4. The number of aromatic nitrogens is 1. The minimum atomic E-state index is 0.177. The van der Waals surface area contributed by atoms with Crippen LogP contribution in [0.5, 0.6) is 0 Å². The fourth-order valence-corrected chi connectivity index (χ4v) is 3.59. The van der Waals surface area contributed by atoms with Crippen molar-refractivity contribution in [1.82, 2.24) is 15.0 Å². The Morgan fingerprint density at radius 3 is 2.76 bits per heavy atom. The first kappa shape index (κ1) is 14.6. The Hall–Kier alpha value is -1.36. The first-order chi connectivity index (χ1) is 10.2. The molecule has 0 radical (unpaired) electrons. The summed E-state index contributed by atoms with van der Waals surface area (Å²) in [6.07, 6.45) is 6.86. The number of carbonyl (C=O) groups is 1. The van der Waals surface area contributed by atoms with Gasteiger partial charge in [-0.3, -0.25) is 9.69 Å². The van der Waals surface area contributed by atoms with Crippen molar-refractivity contribution in [3.8, 4) is 0 Å². The normalized spacial score (nSPS) is 21.7. The van der Waals surface area contributed by atoms with Crippen LogP contribution in [0.3, 0.4) is 0 Å². The van der Waals surface area contributed by atoms with E-state index < -0.39 is 0 Å². The lowest BCUT2D eigenvalue weighted by molar-refractivity contribution is -0.130. The summed E-state index contributed by atoms with van der Waals surface area (Å²) < 4.78 is 5.03. The summed E-state index contributed by atoms with van der Waals surface area (Å²) in [4.78, 5) is 17.0. The van der Waals surface area contributed by atoms with Crippen LogP contribution in [0.25, 0.3) is 0 Å². The Kier molecular flexibility index (Phi) is 4.58. The molecule has 5 nitrogen and oxygen atoms in total. The Labute approximate surface area is 126 Å². The van der Waals surface area contributed by atoms with Crippen LogP contribution in [0.1, 0.15) is 43.6 Å². The molecule has 1 aliphatic carbocycles. The highest BCUT2D eigenvalue weighted by Crippen LogP contribution is 2.24. The molecule has 0 atom stereocenters. The van der Waals surface area contributed by atoms with Crippen molar-refractivity contribution in [3.05, 3.63) is 17.5 Å². The van der Waals surface area contributed by atoms with Gasteiger partial charge in [0.05, 0.1) is 12.1 Å². The number of aryl methyl sites for hydroxylation is 1. The maximum atomic E-state index is 12.4. The molecule has 1 aromatic heterocycles. The zero-order chi connectivity index (χ0) is 14.7. The molecule has 1 aliphatic heterocycles. The van der Waals surface area contributed by atoms with Gasteiger partial charge in [-0.1, -0.05) is 18.0 Å². The molecule has 3 rings (SSSR count). The Morgan fingerprint density at radius 2 is 2.05 bits per heavy atom. The molecule has 1 saturated carbocycles. The van der Waals surface area contributed by atoms with Gasteiger partial charge in [0.2, 0.25) is 5.91 Å². The largest absolute Gasteiger partial charge is 0.361 e. The van der Waals surface area contributed by atoms with Crippen molar-refractivity contribution in [2.45, 2.75) is 51.5 Å². The molecule has 0 aromatic carbocycles. The summed E-state index contributed by atoms with van der Waals surface area (Å²) >= 11 is 0. The van der Waals surface area contributed by atoms with E-state index in [0.717, 1.165) is 50.1 Å². The quantitative estimate of drug-likeness (QED) is 0.854. The summed E-state index contributed by atoms with van der Waals surface area (Å²) in [6, 6.07) is 2.61. The fraction of sp³-hybridized carbons (Fsp3) is 0.750. The average molecular weight is 291 g/mol. The van der Waals surface area contributed by atoms with Crippen molar-refractivity contribution < 1.29 is 9.32 Å². The van der Waals surface area contributed by atoms with E-state index in [0.29, 0.717) is 6.42 Å². The SMILES string of the molecule is Cc1cc(CC(=O)N2CCCN(C3CCCC3)CC2)no1. The topological polar surface area (TPSA) is 49.6 Å². The van der Waals surface area contributed by atoms with Gasteiger partial charge in [0.25, 0.3) is 0 Å². The summed E-state index contributed by atoms with van der Waals surface area (Å²) in [6.45, 7) is 5.74. The highest BCUT2D eigenvalue weighted by atomic mass is 16.5. The zero-order valence-corrected chi connectivity index (χ0v) is 12.9. The predicted molar refractivity (Wildman–Crippen MR) is 80.0 cm³/mol. The first-order valence-electron chi connectivity index (χ1n) is 8.16. The second-order valence-corrected chi connectivity index (χ2v) is 6.31. The molecule has 5 heteroatoms. The molecular weight excluding hydrogens is 266 g/mol. The highest BCUT2D eigenvalue weighted by Gasteiger charge is 2.26. The molecule has 1 aromatic rings. The van der Waals surface area contributed by atoms with E-state index in [2.05, 4.69) is 10.1 Å². The van der Waals surface area contributed by atoms with Gasteiger partial charge in [-0.05, 0) is 26.2 Å². The number of amides is 1. The summed E-state index contributed by atoms with van der Waals surface area (Å²) in [5.74, 6) is 0.942. The Bertz CT molecular complexity index is 480. The van der Waals surface area contributed by atoms with Gasteiger partial charge in [0.1, 0.15) is 5.76 Å². The molecule has 2 fully saturated rings. The van der Waals surface area contributed by atoms with Crippen molar-refractivity contribution in [1.29, 1.82) is 0 Å². The fourth-order valence-electron chi connectivity index (χ4n) is 3.59. The van der Waals surface area contributed by atoms with E-state index in [1.165, 1.54) is 25.7 Å². The van der Waals surface area contributed by atoms with E-state index in [1.807, 2.05) is 17.9 Å². The zero-order valence-electron chi connectivity index (χ0n) is 12.9. The van der Waals surface area contributed by atoms with Gasteiger partial charge >= 0.3 is 0 Å². The minimum absolute atomic E-state index is 0.177. The van der Waals surface area contributed by atoms with Gasteiger partial charge < -0.3 is 9.42 Å². The number of nitrogens with zero attached hydrogens (tertiary/aromatic N) is 3. The van der Waals surface area contributed by atoms with Crippen LogP contribution in [0.4, 0.5) is 0 Å². The van der Waals surface area contributed by atoms with E-state index in [9.17, 15) is 4.79 Å². The van der Waals surface area contributed by atoms with E-state index in [1.54, 1.807) is 0 Å². The number of rotatable bonds is 3. The molecule has 1 amide bonds. The lowest BCUT2D eigenvalue weighted by Crippen LogP contribution is -2.39. The molecule has 116 valence electrons. The molecule has 1 saturated heterocycles. The van der Waals surface area contributed by atoms with Gasteiger partial charge in [-0.2, -0.15) is 0 Å². The van der Waals surface area contributed by atoms with Crippen LogP contribution in [-0.2, 0) is 11.2 Å². The van der Waals surface area contributed by atoms with Crippen molar-refractivity contribution >= 4 is 5.91 Å². The molecule has 0 spiro atoms. The lowest BCUT2D eigenvalue weighted by Gasteiger charge is -2.27. The number of hydrogen-bond donors (Lipinski definition) is 0. The Balaban J connectivity index is 1.53. The molecule has 2 aliphatic rings. The van der Waals surface area contributed by atoms with Crippen molar-refractivity contribution in [3.63, 3.8) is 0 Å². The van der Waals surface area contributed by atoms with Crippen LogP contribution < -0.4 is 0 Å². The van der Waals surface area contributed by atoms with Crippen LogP contribution in [0, 0.1) is 6.92 Å². The molecule has 2 heterocycles. The second kappa shape index (κ2) is 6.60. The van der Waals surface area contributed by atoms with Crippen LogP contribution in [0.15, 0.2) is 10.6 Å². The summed E-state index contributed by atoms with van der Waals surface area (Å²) in [7, 11) is 0. The van der Waals surface area contributed by atoms with Gasteiger partial charge in [-0.15, -0.1) is 0 Å². The van der Waals surface area contributed by atoms with Gasteiger partial charge in [0, 0.05) is 38.3 Å². The van der Waals surface area contributed by atoms with E-state index in [-0.39, 0.29) is 5.91 Å². The minimum Gasteiger partial charge on any atom is -0.361 e. The monoisotopic (exact) mass is 291 g/mol. The Morgan fingerprint density at radius 1 is 1.24 bits per heavy atom. The van der Waals surface area contributed by atoms with Crippen molar-refractivity contribution in [2.75, 3.05) is 26.2 Å². The van der Waals surface area contributed by atoms with E-state index >= 15 is 0 Å². The van der Waals surface area contributed by atoms with Crippen LogP contribution in [-0.4, -0.2) is 53.1 Å². The summed E-state index contributed by atoms with van der Waals surface area (Å²) in [5.41, 5.74) is 0.745. The average Bonchev–Trinajstić information content (AvgIpc) is 3.06. The smallest absolute Gasteiger partial charge is 0.228 e. The highest BCUT2D eigenvalue weighted by molar-refractivity contribution is 5.78. The third kappa shape index (κ3) is 3.64. The van der Waals surface area contributed by atoms with Gasteiger partial charge in [-0.25, -0.2) is 0 Å². The molecule has 0 N–H and O–H groups in total. The molecule has 21 heavy (non-hydrogen) atoms. The standard InChI is InChI=1S/C16H25N3O2/c1-13-11-14(17-21-13)12-16(20)19-8-4-7-18(9-10-19)15-5-2-3-6-15/h11,15H,2-10,12H2,1H3. The number of carbonyl (C=O) groups excluding carboxylic acids is 1. The van der Waals surface area contributed by atoms with Crippen LogP contribution in [0.2, 0.25) is 0 Å². The van der Waals surface area contributed by atoms with E-state index in [4.69, 9.17) is 4.52 Å². The third-order valence-electron chi connectivity index (χ3n) is 4.73. The first-order valence-corrected chi connectivity index (χ1v) is 8.16. The molecule has 0 bridgehead atoms. The molecular formula is C16H25N3O2. The lowest BCUT2D eigenvalue weighted by atomic mass is 10.2. The van der Waals surface area contributed by atoms with Crippen molar-refractivity contribution in [2.24, 2.45) is 0 Å². The maximum Gasteiger partial charge on any atom is 0.228 e. The molecule has 0 unspecified atom stereocenters. The van der Waals surface area contributed by atoms with Crippen LogP contribution >= 0.6 is 0 Å². The predicted octanol–water partition coefficient (Wildman–Crippen LogP) is 2.00. The van der Waals surface area contributed by atoms with Gasteiger partial charge in [0.15, 0.2) is 0 Å². The summed E-state index contributed by atoms with van der Waals surface area (Å²) in [5, 5.41) is 3.92. The third-order valence-corrected chi connectivity index (χ3v) is 4.73. The second-order valence-electron chi connectivity index (χ2n) is 6.31.